The van der Waals surface area contributed by atoms with E-state index in [1.165, 1.54) is 0 Å². The second-order valence-corrected chi connectivity index (χ2v) is 6.25. The van der Waals surface area contributed by atoms with Crippen molar-refractivity contribution in [3.8, 4) is 0 Å². The van der Waals surface area contributed by atoms with E-state index in [0.717, 1.165) is 0 Å². The Bertz CT molecular complexity index is 357. The normalized spacial score (nSPS) is 48.9. The molecule has 1 unspecified atom stereocenters. The fourth-order valence-corrected chi connectivity index (χ4v) is 2.78. The lowest BCUT2D eigenvalue weighted by atomic mass is 9.97. The molecule has 0 bridgehead atoms. The number of rotatable bonds is 1. The highest BCUT2D eigenvalue weighted by Crippen LogP contribution is 2.42. The van der Waals surface area contributed by atoms with Gasteiger partial charge in [0.1, 0.15) is 24.9 Å². The van der Waals surface area contributed by atoms with Gasteiger partial charge in [0, 0.05) is 5.92 Å². The molecule has 3 heterocycles. The standard InChI is InChI=1S/C13H22O6/c1-7(2)11-17-8-5-15-13(10(14)9(8)18-11)6-16-12(3,4)19-13/h7-11,14H,5-6H2,1-4H3/t8-,9-,10+,11?,13+/m1/s1. The van der Waals surface area contributed by atoms with Crippen LogP contribution in [-0.2, 0) is 23.7 Å². The van der Waals surface area contributed by atoms with Gasteiger partial charge in [-0.25, -0.2) is 0 Å². The van der Waals surface area contributed by atoms with Crippen LogP contribution in [0.2, 0.25) is 0 Å². The van der Waals surface area contributed by atoms with E-state index in [4.69, 9.17) is 23.7 Å². The van der Waals surface area contributed by atoms with E-state index < -0.39 is 23.8 Å². The van der Waals surface area contributed by atoms with Crippen LogP contribution in [0.3, 0.4) is 0 Å². The fourth-order valence-electron chi connectivity index (χ4n) is 2.78. The molecule has 0 aromatic heterocycles. The van der Waals surface area contributed by atoms with Crippen LogP contribution >= 0.6 is 0 Å². The van der Waals surface area contributed by atoms with Gasteiger partial charge >= 0.3 is 0 Å². The molecule has 3 saturated heterocycles. The Morgan fingerprint density at radius 3 is 2.47 bits per heavy atom. The summed E-state index contributed by atoms with van der Waals surface area (Å²) >= 11 is 0. The van der Waals surface area contributed by atoms with Crippen molar-refractivity contribution in [2.45, 2.75) is 63.9 Å². The summed E-state index contributed by atoms with van der Waals surface area (Å²) < 4.78 is 28.6. The number of hydrogen-bond donors (Lipinski definition) is 1. The molecule has 19 heavy (non-hydrogen) atoms. The first-order valence-electron chi connectivity index (χ1n) is 6.80. The second kappa shape index (κ2) is 4.38. The lowest BCUT2D eigenvalue weighted by Gasteiger charge is -2.41. The van der Waals surface area contributed by atoms with E-state index >= 15 is 0 Å². The summed E-state index contributed by atoms with van der Waals surface area (Å²) in [4.78, 5) is 0. The van der Waals surface area contributed by atoms with Gasteiger partial charge in [-0.1, -0.05) is 13.8 Å². The first-order valence-corrected chi connectivity index (χ1v) is 6.80. The predicted octanol–water partition coefficient (Wildman–Crippen LogP) is 0.623. The molecule has 5 atom stereocenters. The van der Waals surface area contributed by atoms with Crippen LogP contribution < -0.4 is 0 Å². The molecule has 1 N–H and O–H groups in total. The molecule has 1 spiro atoms. The highest BCUT2D eigenvalue weighted by molar-refractivity contribution is 4.99. The first-order chi connectivity index (χ1) is 8.83. The predicted molar refractivity (Wildman–Crippen MR) is 64.2 cm³/mol. The number of hydrogen-bond acceptors (Lipinski definition) is 6. The molecular formula is C13H22O6. The molecule has 0 radical (unpaired) electrons. The van der Waals surface area contributed by atoms with Crippen molar-refractivity contribution in [1.29, 1.82) is 0 Å². The van der Waals surface area contributed by atoms with Gasteiger partial charge in [0.15, 0.2) is 12.1 Å². The first kappa shape index (κ1) is 13.7. The van der Waals surface area contributed by atoms with Gasteiger partial charge < -0.3 is 28.8 Å². The fraction of sp³-hybridized carbons (Fsp3) is 1.00. The molecule has 3 aliphatic rings. The number of aliphatic hydroxyl groups is 1. The zero-order chi connectivity index (χ0) is 13.8. The van der Waals surface area contributed by atoms with Crippen molar-refractivity contribution in [2.24, 2.45) is 5.92 Å². The summed E-state index contributed by atoms with van der Waals surface area (Å²) in [6.07, 6.45) is -1.91. The third-order valence-electron chi connectivity index (χ3n) is 3.80. The summed E-state index contributed by atoms with van der Waals surface area (Å²) in [6, 6.07) is 0. The summed E-state index contributed by atoms with van der Waals surface area (Å²) in [7, 11) is 0. The third-order valence-corrected chi connectivity index (χ3v) is 3.80. The van der Waals surface area contributed by atoms with Gasteiger partial charge in [-0.15, -0.1) is 0 Å². The minimum atomic E-state index is -1.14. The molecule has 0 aliphatic carbocycles. The number of fused-ring (bicyclic) bond motifs is 1. The molecule has 0 saturated carbocycles. The van der Waals surface area contributed by atoms with Crippen LogP contribution in [0.5, 0.6) is 0 Å². The Balaban J connectivity index is 1.76. The van der Waals surface area contributed by atoms with E-state index in [9.17, 15) is 5.11 Å². The third kappa shape index (κ3) is 2.20. The summed E-state index contributed by atoms with van der Waals surface area (Å²) in [6.45, 7) is 8.16. The van der Waals surface area contributed by atoms with E-state index in [1.54, 1.807) is 13.8 Å². The lowest BCUT2D eigenvalue weighted by Crippen LogP contribution is -2.61. The molecule has 3 fully saturated rings. The van der Waals surface area contributed by atoms with Crippen LogP contribution in [-0.4, -0.2) is 54.5 Å². The zero-order valence-corrected chi connectivity index (χ0v) is 11.8. The monoisotopic (exact) mass is 274 g/mol. The molecule has 3 rings (SSSR count). The maximum absolute atomic E-state index is 10.5. The van der Waals surface area contributed by atoms with Crippen LogP contribution in [0.1, 0.15) is 27.7 Å². The molecule has 6 nitrogen and oxygen atoms in total. The van der Waals surface area contributed by atoms with Gasteiger partial charge in [-0.2, -0.15) is 0 Å². The zero-order valence-electron chi connectivity index (χ0n) is 11.8. The Kier molecular flexibility index (Phi) is 3.16. The van der Waals surface area contributed by atoms with Crippen molar-refractivity contribution >= 4 is 0 Å². The SMILES string of the molecule is CC(C)C1O[C@@H]2[C@@H](CO[C@]3(COC(C)(C)O3)[C@H]2O)O1. The number of ether oxygens (including phenoxy) is 5. The van der Waals surface area contributed by atoms with Crippen molar-refractivity contribution in [1.82, 2.24) is 0 Å². The largest absolute Gasteiger partial charge is 0.385 e. The Morgan fingerprint density at radius 1 is 1.16 bits per heavy atom. The van der Waals surface area contributed by atoms with Crippen molar-refractivity contribution in [3.05, 3.63) is 0 Å². The maximum atomic E-state index is 10.5. The van der Waals surface area contributed by atoms with Crippen LogP contribution in [0.4, 0.5) is 0 Å². The van der Waals surface area contributed by atoms with Crippen LogP contribution in [0.25, 0.3) is 0 Å². The quantitative estimate of drug-likeness (QED) is 0.756. The van der Waals surface area contributed by atoms with Gasteiger partial charge in [0.05, 0.1) is 6.61 Å². The number of aliphatic hydroxyl groups excluding tert-OH is 1. The molecule has 3 aliphatic heterocycles. The highest BCUT2D eigenvalue weighted by atomic mass is 16.9. The van der Waals surface area contributed by atoms with E-state index in [0.29, 0.717) is 6.61 Å². The Morgan fingerprint density at radius 2 is 1.89 bits per heavy atom. The molecule has 0 amide bonds. The molecular weight excluding hydrogens is 252 g/mol. The van der Waals surface area contributed by atoms with Gasteiger partial charge in [-0.05, 0) is 13.8 Å². The van der Waals surface area contributed by atoms with Crippen molar-refractivity contribution < 1.29 is 28.8 Å². The maximum Gasteiger partial charge on any atom is 0.224 e. The average molecular weight is 274 g/mol. The highest BCUT2D eigenvalue weighted by Gasteiger charge is 2.61. The van der Waals surface area contributed by atoms with Gasteiger partial charge in [0.25, 0.3) is 0 Å². The molecule has 0 aromatic carbocycles. The smallest absolute Gasteiger partial charge is 0.224 e. The van der Waals surface area contributed by atoms with E-state index in [-0.39, 0.29) is 24.9 Å². The minimum Gasteiger partial charge on any atom is -0.385 e. The van der Waals surface area contributed by atoms with E-state index in [2.05, 4.69) is 0 Å². The molecule has 0 aromatic rings. The van der Waals surface area contributed by atoms with Crippen molar-refractivity contribution in [2.75, 3.05) is 13.2 Å². The lowest BCUT2D eigenvalue weighted by molar-refractivity contribution is -0.326. The molecule has 110 valence electrons. The summed E-state index contributed by atoms with van der Waals surface area (Å²) in [5, 5.41) is 10.5. The Hall–Kier alpha value is -0.240. The average Bonchev–Trinajstić information content (AvgIpc) is 2.87. The van der Waals surface area contributed by atoms with Gasteiger partial charge in [-0.3, -0.25) is 0 Å². The topological polar surface area (TPSA) is 66.4 Å². The van der Waals surface area contributed by atoms with Gasteiger partial charge in [0.2, 0.25) is 5.79 Å². The van der Waals surface area contributed by atoms with Crippen molar-refractivity contribution in [3.63, 3.8) is 0 Å². The van der Waals surface area contributed by atoms with Crippen LogP contribution in [0, 0.1) is 5.92 Å². The molecule has 6 heteroatoms. The summed E-state index contributed by atoms with van der Waals surface area (Å²) in [5.74, 6) is -1.67. The second-order valence-electron chi connectivity index (χ2n) is 6.25. The summed E-state index contributed by atoms with van der Waals surface area (Å²) in [5.41, 5.74) is 0. The Labute approximate surface area is 112 Å². The van der Waals surface area contributed by atoms with E-state index in [1.807, 2.05) is 13.8 Å². The minimum absolute atomic E-state index is 0.195. The van der Waals surface area contributed by atoms with Crippen LogP contribution in [0.15, 0.2) is 0 Å².